The predicted molar refractivity (Wildman–Crippen MR) is 78.4 cm³/mol. The van der Waals surface area contributed by atoms with Crippen LogP contribution < -0.4 is 5.32 Å². The van der Waals surface area contributed by atoms with Crippen LogP contribution in [0.3, 0.4) is 0 Å². The molecular weight excluding hydrogens is 266 g/mol. The maximum absolute atomic E-state index is 9.67. The second kappa shape index (κ2) is 6.38. The molecule has 1 saturated carbocycles. The third-order valence-electron chi connectivity index (χ3n) is 4.05. The number of halogens is 1. The highest BCUT2D eigenvalue weighted by Crippen LogP contribution is 2.36. The molecule has 0 aliphatic heterocycles. The van der Waals surface area contributed by atoms with Crippen molar-refractivity contribution in [1.29, 1.82) is 0 Å². The predicted octanol–water partition coefficient (Wildman–Crippen LogP) is 3.99. The molecule has 0 radical (unpaired) electrons. The standard InChI is InChI=1S/C14H22ClNOS/c1-11(12-5-6-13(15)18-12)16-9-14(10-17)7-3-2-4-8-14/h5-6,11,16-17H,2-4,7-10H2,1H3. The smallest absolute Gasteiger partial charge is 0.0931 e. The SMILES string of the molecule is CC(NCC1(CO)CCCCC1)c1ccc(Cl)s1. The largest absolute Gasteiger partial charge is 0.396 e. The molecule has 1 aliphatic rings. The van der Waals surface area contributed by atoms with E-state index < -0.39 is 0 Å². The van der Waals surface area contributed by atoms with Gasteiger partial charge < -0.3 is 10.4 Å². The highest BCUT2D eigenvalue weighted by atomic mass is 35.5. The number of thiophene rings is 1. The third kappa shape index (κ3) is 3.47. The van der Waals surface area contributed by atoms with Gasteiger partial charge in [0.15, 0.2) is 0 Å². The molecule has 2 N–H and O–H groups in total. The second-order valence-electron chi connectivity index (χ2n) is 5.46. The Labute approximate surface area is 118 Å². The monoisotopic (exact) mass is 287 g/mol. The van der Waals surface area contributed by atoms with Crippen LogP contribution in [-0.4, -0.2) is 18.3 Å². The van der Waals surface area contributed by atoms with Crippen molar-refractivity contribution >= 4 is 22.9 Å². The molecule has 102 valence electrons. The Bertz CT molecular complexity index is 374. The van der Waals surface area contributed by atoms with Crippen LogP contribution >= 0.6 is 22.9 Å². The molecule has 0 spiro atoms. The average molecular weight is 288 g/mol. The van der Waals surface area contributed by atoms with Gasteiger partial charge in [-0.25, -0.2) is 0 Å². The second-order valence-corrected chi connectivity index (χ2v) is 7.21. The first-order valence-corrected chi connectivity index (χ1v) is 7.94. The summed E-state index contributed by atoms with van der Waals surface area (Å²) < 4.78 is 0.841. The molecule has 0 aromatic carbocycles. The lowest BCUT2D eigenvalue weighted by atomic mass is 9.74. The van der Waals surface area contributed by atoms with Crippen molar-refractivity contribution in [1.82, 2.24) is 5.32 Å². The molecule has 1 heterocycles. The molecular formula is C14H22ClNOS. The minimum Gasteiger partial charge on any atom is -0.396 e. The van der Waals surface area contributed by atoms with Crippen LogP contribution in [0, 0.1) is 5.41 Å². The molecule has 1 unspecified atom stereocenters. The molecule has 4 heteroatoms. The lowest BCUT2D eigenvalue weighted by Gasteiger charge is -2.36. The van der Waals surface area contributed by atoms with E-state index in [1.807, 2.05) is 6.07 Å². The molecule has 2 nitrogen and oxygen atoms in total. The van der Waals surface area contributed by atoms with Crippen LogP contribution in [0.1, 0.15) is 49.9 Å². The van der Waals surface area contributed by atoms with Gasteiger partial charge in [0.25, 0.3) is 0 Å². The van der Waals surface area contributed by atoms with Crippen LogP contribution in [0.15, 0.2) is 12.1 Å². The molecule has 0 amide bonds. The van der Waals surface area contributed by atoms with Crippen molar-refractivity contribution in [2.24, 2.45) is 5.41 Å². The van der Waals surface area contributed by atoms with Crippen molar-refractivity contribution in [3.63, 3.8) is 0 Å². The normalized spacial score (nSPS) is 20.8. The van der Waals surface area contributed by atoms with Crippen molar-refractivity contribution < 1.29 is 5.11 Å². The fourth-order valence-electron chi connectivity index (χ4n) is 2.72. The Kier molecular flexibility index (Phi) is 5.07. The fourth-order valence-corrected chi connectivity index (χ4v) is 3.81. The van der Waals surface area contributed by atoms with Gasteiger partial charge in [0.05, 0.1) is 4.34 Å². The minimum atomic E-state index is 0.105. The summed E-state index contributed by atoms with van der Waals surface area (Å²) in [5.41, 5.74) is 0.105. The maximum Gasteiger partial charge on any atom is 0.0931 e. The van der Waals surface area contributed by atoms with Crippen molar-refractivity contribution in [2.45, 2.75) is 45.1 Å². The van der Waals surface area contributed by atoms with Crippen LogP contribution in [-0.2, 0) is 0 Å². The minimum absolute atomic E-state index is 0.105. The van der Waals surface area contributed by atoms with Crippen LogP contribution in [0.25, 0.3) is 0 Å². The van der Waals surface area contributed by atoms with E-state index in [2.05, 4.69) is 18.3 Å². The summed E-state index contributed by atoms with van der Waals surface area (Å²) in [6, 6.07) is 4.34. The summed E-state index contributed by atoms with van der Waals surface area (Å²) in [7, 11) is 0. The van der Waals surface area contributed by atoms with Gasteiger partial charge in [-0.05, 0) is 31.9 Å². The Morgan fingerprint density at radius 3 is 2.67 bits per heavy atom. The molecule has 1 aliphatic carbocycles. The van der Waals surface area contributed by atoms with E-state index in [-0.39, 0.29) is 5.41 Å². The van der Waals surface area contributed by atoms with E-state index in [1.165, 1.54) is 24.1 Å². The Morgan fingerprint density at radius 2 is 2.11 bits per heavy atom. The lowest BCUT2D eigenvalue weighted by Crippen LogP contribution is -2.39. The van der Waals surface area contributed by atoms with Gasteiger partial charge in [0.2, 0.25) is 0 Å². The van der Waals surface area contributed by atoms with E-state index in [4.69, 9.17) is 11.6 Å². The fraction of sp³-hybridized carbons (Fsp3) is 0.714. The number of nitrogens with one attached hydrogen (secondary N) is 1. The molecule has 18 heavy (non-hydrogen) atoms. The maximum atomic E-state index is 9.67. The van der Waals surface area contributed by atoms with Crippen molar-refractivity contribution in [3.05, 3.63) is 21.3 Å². The average Bonchev–Trinajstić information content (AvgIpc) is 2.84. The molecule has 0 saturated heterocycles. The van der Waals surface area contributed by atoms with E-state index >= 15 is 0 Å². The van der Waals surface area contributed by atoms with Gasteiger partial charge >= 0.3 is 0 Å². The summed E-state index contributed by atoms with van der Waals surface area (Å²) >= 11 is 7.59. The molecule has 1 atom stereocenters. The summed E-state index contributed by atoms with van der Waals surface area (Å²) in [4.78, 5) is 1.27. The number of aliphatic hydroxyl groups is 1. The summed E-state index contributed by atoms with van der Waals surface area (Å²) in [6.45, 7) is 3.37. The van der Waals surface area contributed by atoms with E-state index in [0.29, 0.717) is 12.6 Å². The highest BCUT2D eigenvalue weighted by Gasteiger charge is 2.31. The van der Waals surface area contributed by atoms with Crippen molar-refractivity contribution in [2.75, 3.05) is 13.2 Å². The zero-order valence-electron chi connectivity index (χ0n) is 10.9. The summed E-state index contributed by atoms with van der Waals surface area (Å²) in [6.07, 6.45) is 6.11. The summed E-state index contributed by atoms with van der Waals surface area (Å²) in [5, 5.41) is 13.2. The van der Waals surface area contributed by atoms with Crippen LogP contribution in [0.5, 0.6) is 0 Å². The van der Waals surface area contributed by atoms with Gasteiger partial charge in [0, 0.05) is 29.5 Å². The topological polar surface area (TPSA) is 32.3 Å². The number of hydrogen-bond acceptors (Lipinski definition) is 3. The first kappa shape index (κ1) is 14.3. The van der Waals surface area contributed by atoms with Gasteiger partial charge in [-0.3, -0.25) is 0 Å². The van der Waals surface area contributed by atoms with Gasteiger partial charge in [-0.15, -0.1) is 11.3 Å². The quantitative estimate of drug-likeness (QED) is 0.858. The van der Waals surface area contributed by atoms with Gasteiger partial charge in [0.1, 0.15) is 0 Å². The lowest BCUT2D eigenvalue weighted by molar-refractivity contribution is 0.0790. The number of hydrogen-bond donors (Lipinski definition) is 2. The summed E-state index contributed by atoms with van der Waals surface area (Å²) in [5.74, 6) is 0. The first-order chi connectivity index (χ1) is 8.65. The Balaban J connectivity index is 1.89. The number of rotatable bonds is 5. The van der Waals surface area contributed by atoms with Crippen LogP contribution in [0.2, 0.25) is 4.34 Å². The molecule has 1 aromatic heterocycles. The van der Waals surface area contributed by atoms with E-state index in [0.717, 1.165) is 23.7 Å². The zero-order chi connectivity index (χ0) is 13.0. The molecule has 1 aromatic rings. The van der Waals surface area contributed by atoms with Crippen LogP contribution in [0.4, 0.5) is 0 Å². The molecule has 0 bridgehead atoms. The van der Waals surface area contributed by atoms with Gasteiger partial charge in [-0.2, -0.15) is 0 Å². The zero-order valence-corrected chi connectivity index (χ0v) is 12.5. The highest BCUT2D eigenvalue weighted by molar-refractivity contribution is 7.16. The Morgan fingerprint density at radius 1 is 1.39 bits per heavy atom. The first-order valence-electron chi connectivity index (χ1n) is 6.75. The van der Waals surface area contributed by atoms with Gasteiger partial charge in [-0.1, -0.05) is 30.9 Å². The van der Waals surface area contributed by atoms with E-state index in [1.54, 1.807) is 11.3 Å². The van der Waals surface area contributed by atoms with Crippen molar-refractivity contribution in [3.8, 4) is 0 Å². The third-order valence-corrected chi connectivity index (χ3v) is 5.47. The Hall–Kier alpha value is -0.0900. The molecule has 2 rings (SSSR count). The molecule has 1 fully saturated rings. The van der Waals surface area contributed by atoms with E-state index in [9.17, 15) is 5.11 Å². The number of aliphatic hydroxyl groups excluding tert-OH is 1.